The third-order valence-electron chi connectivity index (χ3n) is 7.78. The number of benzene rings is 4. The van der Waals surface area contributed by atoms with Gasteiger partial charge in [0.05, 0.1) is 9.40 Å². The van der Waals surface area contributed by atoms with Crippen LogP contribution in [0.3, 0.4) is 0 Å². The lowest BCUT2D eigenvalue weighted by Crippen LogP contribution is -1.86. The summed E-state index contributed by atoms with van der Waals surface area (Å²) in [5.41, 5.74) is 5.56. The van der Waals surface area contributed by atoms with Gasteiger partial charge < -0.3 is 0 Å². The zero-order chi connectivity index (χ0) is 25.2. The summed E-state index contributed by atoms with van der Waals surface area (Å²) in [7, 11) is 0. The SMILES string of the molecule is CCCCCCc1ccc2sc3c4cc5cc(-c6ccc(CCCCC)cc6)ccc5cc4sc3c2c1. The minimum Gasteiger partial charge on any atom is -0.134 e. The average Bonchev–Trinajstić information content (AvgIpc) is 3.45. The van der Waals surface area contributed by atoms with Gasteiger partial charge in [0.15, 0.2) is 0 Å². The molecule has 6 rings (SSSR count). The van der Waals surface area contributed by atoms with Crippen LogP contribution in [0.15, 0.2) is 72.8 Å². The van der Waals surface area contributed by atoms with Gasteiger partial charge in [0.1, 0.15) is 0 Å². The van der Waals surface area contributed by atoms with Gasteiger partial charge in [-0.2, -0.15) is 0 Å². The number of thiophene rings is 2. The van der Waals surface area contributed by atoms with Gasteiger partial charge >= 0.3 is 0 Å². The van der Waals surface area contributed by atoms with Crippen molar-refractivity contribution in [2.45, 2.75) is 71.6 Å². The summed E-state index contributed by atoms with van der Waals surface area (Å²) in [5.74, 6) is 0. The standard InChI is InChI=1S/C35H36S2/c1-3-5-7-9-11-25-14-19-32-30(20-25)34-35(36-32)31-22-29-21-27(17-18-28(29)23-33(31)37-34)26-15-12-24(13-16-26)10-8-6-4-2/h12-23H,3-11H2,1-2H3. The highest BCUT2D eigenvalue weighted by Gasteiger charge is 2.14. The van der Waals surface area contributed by atoms with Crippen molar-refractivity contribution in [1.29, 1.82) is 0 Å². The van der Waals surface area contributed by atoms with Crippen LogP contribution >= 0.6 is 22.7 Å². The van der Waals surface area contributed by atoms with Crippen LogP contribution in [-0.2, 0) is 12.8 Å². The zero-order valence-corrected chi connectivity index (χ0v) is 23.7. The lowest BCUT2D eigenvalue weighted by Gasteiger charge is -2.07. The highest BCUT2D eigenvalue weighted by atomic mass is 32.1. The molecule has 0 N–H and O–H groups in total. The molecule has 2 heterocycles. The van der Waals surface area contributed by atoms with Crippen LogP contribution in [0.5, 0.6) is 0 Å². The van der Waals surface area contributed by atoms with Crippen molar-refractivity contribution < 1.29 is 0 Å². The van der Waals surface area contributed by atoms with Crippen molar-refractivity contribution in [3.8, 4) is 11.1 Å². The van der Waals surface area contributed by atoms with Crippen molar-refractivity contribution in [3.63, 3.8) is 0 Å². The van der Waals surface area contributed by atoms with E-state index in [1.54, 1.807) is 0 Å². The summed E-state index contributed by atoms with van der Waals surface area (Å²) in [6.45, 7) is 4.55. The molecule has 0 aliphatic rings. The Bertz CT molecular complexity index is 1660. The summed E-state index contributed by atoms with van der Waals surface area (Å²) in [4.78, 5) is 0. The molecule has 0 aliphatic heterocycles. The number of unbranched alkanes of at least 4 members (excludes halogenated alkanes) is 5. The predicted molar refractivity (Wildman–Crippen MR) is 169 cm³/mol. The van der Waals surface area contributed by atoms with Gasteiger partial charge in [-0.25, -0.2) is 0 Å². The molecule has 6 aromatic rings. The van der Waals surface area contributed by atoms with Crippen LogP contribution in [0.4, 0.5) is 0 Å². The first-order valence-corrected chi connectivity index (χ1v) is 15.8. The lowest BCUT2D eigenvalue weighted by molar-refractivity contribution is 0.667. The fourth-order valence-electron chi connectivity index (χ4n) is 5.58. The normalized spacial score (nSPS) is 11.9. The van der Waals surface area contributed by atoms with E-state index in [4.69, 9.17) is 0 Å². The topological polar surface area (TPSA) is 0 Å². The van der Waals surface area contributed by atoms with Crippen LogP contribution in [0, 0.1) is 0 Å². The van der Waals surface area contributed by atoms with E-state index in [1.807, 2.05) is 22.7 Å². The van der Waals surface area contributed by atoms with Crippen molar-refractivity contribution in [2.24, 2.45) is 0 Å². The molecule has 0 bridgehead atoms. The molecule has 4 aromatic carbocycles. The monoisotopic (exact) mass is 520 g/mol. The molecule has 0 amide bonds. The molecule has 0 saturated carbocycles. The van der Waals surface area contributed by atoms with E-state index in [9.17, 15) is 0 Å². The zero-order valence-electron chi connectivity index (χ0n) is 22.1. The Morgan fingerprint density at radius 2 is 1.14 bits per heavy atom. The van der Waals surface area contributed by atoms with E-state index >= 15 is 0 Å². The number of fused-ring (bicyclic) bond motifs is 6. The third-order valence-corrected chi connectivity index (χ3v) is 10.3. The van der Waals surface area contributed by atoms with E-state index < -0.39 is 0 Å². The van der Waals surface area contributed by atoms with Gasteiger partial charge in [-0.3, -0.25) is 0 Å². The van der Waals surface area contributed by atoms with E-state index in [0.29, 0.717) is 0 Å². The minimum atomic E-state index is 1.19. The Balaban J connectivity index is 1.33. The van der Waals surface area contributed by atoms with E-state index in [2.05, 4.69) is 86.6 Å². The summed E-state index contributed by atoms with van der Waals surface area (Å²) < 4.78 is 5.77. The first-order valence-electron chi connectivity index (χ1n) is 14.1. The molecule has 2 aromatic heterocycles. The lowest BCUT2D eigenvalue weighted by atomic mass is 9.98. The van der Waals surface area contributed by atoms with Gasteiger partial charge in [-0.1, -0.05) is 88.4 Å². The van der Waals surface area contributed by atoms with Crippen LogP contribution in [0.25, 0.3) is 51.5 Å². The Labute approximate surface area is 229 Å². The molecule has 37 heavy (non-hydrogen) atoms. The van der Waals surface area contributed by atoms with E-state index in [0.717, 1.165) is 0 Å². The Morgan fingerprint density at radius 3 is 1.95 bits per heavy atom. The fourth-order valence-corrected chi connectivity index (χ4v) is 8.23. The van der Waals surface area contributed by atoms with E-state index in [-0.39, 0.29) is 0 Å². The maximum Gasteiger partial charge on any atom is 0.0542 e. The maximum atomic E-state index is 2.47. The second kappa shape index (κ2) is 11.0. The Morgan fingerprint density at radius 1 is 0.486 bits per heavy atom. The number of hydrogen-bond acceptors (Lipinski definition) is 2. The quantitative estimate of drug-likeness (QED) is 0.158. The molecule has 0 aliphatic carbocycles. The summed E-state index contributed by atoms with van der Waals surface area (Å²) in [6, 6.07) is 28.2. The first-order chi connectivity index (χ1) is 18.2. The van der Waals surface area contributed by atoms with Crippen LogP contribution in [-0.4, -0.2) is 0 Å². The second-order valence-electron chi connectivity index (χ2n) is 10.6. The average molecular weight is 521 g/mol. The molecule has 0 atom stereocenters. The Hall–Kier alpha value is -2.68. The third kappa shape index (κ3) is 5.07. The molecule has 188 valence electrons. The largest absolute Gasteiger partial charge is 0.134 e. The summed E-state index contributed by atoms with van der Waals surface area (Å²) in [6.07, 6.45) is 11.6. The van der Waals surface area contributed by atoms with Crippen molar-refractivity contribution in [1.82, 2.24) is 0 Å². The van der Waals surface area contributed by atoms with Crippen LogP contribution in [0.1, 0.15) is 69.9 Å². The maximum absolute atomic E-state index is 2.47. The summed E-state index contributed by atoms with van der Waals surface area (Å²) >= 11 is 3.94. The van der Waals surface area contributed by atoms with Gasteiger partial charge in [0.25, 0.3) is 0 Å². The molecule has 0 nitrogen and oxygen atoms in total. The molecule has 0 radical (unpaired) electrons. The number of hydrogen-bond donors (Lipinski definition) is 0. The predicted octanol–water partition coefficient (Wildman–Crippen LogP) is 11.9. The van der Waals surface area contributed by atoms with Crippen molar-refractivity contribution >= 4 is 63.0 Å². The smallest absolute Gasteiger partial charge is 0.0542 e. The number of rotatable bonds is 10. The van der Waals surface area contributed by atoms with Crippen LogP contribution in [0.2, 0.25) is 0 Å². The molecule has 0 saturated heterocycles. The summed E-state index contributed by atoms with van der Waals surface area (Å²) in [5, 5.41) is 5.55. The molecule has 2 heteroatoms. The molecule has 0 spiro atoms. The fraction of sp³-hybridized carbons (Fsp3) is 0.314. The number of aryl methyl sites for hydroxylation is 2. The van der Waals surface area contributed by atoms with Gasteiger partial charge in [0.2, 0.25) is 0 Å². The molecule has 0 unspecified atom stereocenters. The Kier molecular flexibility index (Phi) is 7.31. The molecular formula is C35H36S2. The van der Waals surface area contributed by atoms with Crippen molar-refractivity contribution in [2.75, 3.05) is 0 Å². The van der Waals surface area contributed by atoms with Gasteiger partial charge in [-0.15, -0.1) is 22.7 Å². The molecule has 0 fully saturated rings. The van der Waals surface area contributed by atoms with E-state index in [1.165, 1.54) is 120 Å². The van der Waals surface area contributed by atoms with Gasteiger partial charge in [-0.05, 0) is 89.0 Å². The molecular weight excluding hydrogens is 485 g/mol. The van der Waals surface area contributed by atoms with Gasteiger partial charge in [0, 0.05) is 20.2 Å². The highest BCUT2D eigenvalue weighted by Crippen LogP contribution is 2.45. The van der Waals surface area contributed by atoms with Crippen molar-refractivity contribution in [3.05, 3.63) is 83.9 Å². The minimum absolute atomic E-state index is 1.19. The highest BCUT2D eigenvalue weighted by molar-refractivity contribution is 7.36. The van der Waals surface area contributed by atoms with Crippen LogP contribution < -0.4 is 0 Å². The first kappa shape index (κ1) is 24.6. The second-order valence-corrected chi connectivity index (χ2v) is 12.7.